The van der Waals surface area contributed by atoms with Gasteiger partial charge >= 0.3 is 5.97 Å². The topological polar surface area (TPSA) is 81.4 Å². The largest absolute Gasteiger partial charge is 0.469 e. The summed E-state index contributed by atoms with van der Waals surface area (Å²) in [6.07, 6.45) is 0.499. The summed E-state index contributed by atoms with van der Waals surface area (Å²) in [6, 6.07) is 14.8. The van der Waals surface area contributed by atoms with Crippen LogP contribution in [0.4, 0.5) is 5.69 Å². The summed E-state index contributed by atoms with van der Waals surface area (Å²) in [6.45, 7) is 2.18. The minimum absolute atomic E-state index is 0.188. The van der Waals surface area contributed by atoms with Crippen LogP contribution in [-0.2, 0) is 16.0 Å². The Hall–Kier alpha value is -2.82. The molecule has 2 rings (SSSR count). The van der Waals surface area contributed by atoms with E-state index < -0.39 is 5.92 Å². The molecule has 2 aromatic carbocycles. The second kappa shape index (κ2) is 8.15. The molecule has 0 aliphatic heterocycles. The van der Waals surface area contributed by atoms with E-state index in [1.807, 2.05) is 31.2 Å². The molecule has 0 radical (unpaired) electrons. The number of benzene rings is 2. The van der Waals surface area contributed by atoms with E-state index in [1.54, 1.807) is 24.3 Å². The average molecular weight is 326 g/mol. The molecule has 2 aromatic rings. The third kappa shape index (κ3) is 4.59. The van der Waals surface area contributed by atoms with Crippen LogP contribution >= 0.6 is 0 Å². The number of para-hydroxylation sites is 1. The second-order valence-corrected chi connectivity index (χ2v) is 5.71. The molecule has 3 N–H and O–H groups in total. The molecule has 0 bridgehead atoms. The van der Waals surface area contributed by atoms with Crippen LogP contribution in [0.5, 0.6) is 0 Å². The molecule has 1 atom stereocenters. The first-order valence-electron chi connectivity index (χ1n) is 7.77. The van der Waals surface area contributed by atoms with E-state index in [2.05, 4.69) is 5.32 Å². The lowest BCUT2D eigenvalue weighted by Crippen LogP contribution is -2.35. The number of nitrogens with two attached hydrogens (primary N) is 1. The van der Waals surface area contributed by atoms with Gasteiger partial charge in [0.15, 0.2) is 0 Å². The first-order valence-corrected chi connectivity index (χ1v) is 7.77. The molecule has 0 heterocycles. The molecule has 0 spiro atoms. The van der Waals surface area contributed by atoms with Crippen molar-refractivity contribution in [3.63, 3.8) is 0 Å². The molecule has 0 saturated heterocycles. The third-order valence-electron chi connectivity index (χ3n) is 3.81. The van der Waals surface area contributed by atoms with Crippen molar-refractivity contribution in [3.8, 4) is 0 Å². The van der Waals surface area contributed by atoms with Crippen LogP contribution in [0.3, 0.4) is 0 Å². The van der Waals surface area contributed by atoms with Gasteiger partial charge in [0.2, 0.25) is 0 Å². The van der Waals surface area contributed by atoms with Gasteiger partial charge in [-0.2, -0.15) is 0 Å². The number of hydrogen-bond acceptors (Lipinski definition) is 4. The van der Waals surface area contributed by atoms with E-state index >= 15 is 0 Å². The Balaban J connectivity index is 2.05. The second-order valence-electron chi connectivity index (χ2n) is 5.71. The Kier molecular flexibility index (Phi) is 5.95. The maximum absolute atomic E-state index is 12.2. The molecular weight excluding hydrogens is 304 g/mol. The fraction of sp³-hybridized carbons (Fsp3) is 0.263. The Morgan fingerprint density at radius 2 is 1.92 bits per heavy atom. The first-order chi connectivity index (χ1) is 11.5. The van der Waals surface area contributed by atoms with E-state index in [9.17, 15) is 9.59 Å². The van der Waals surface area contributed by atoms with Gasteiger partial charge in [-0.1, -0.05) is 42.0 Å². The van der Waals surface area contributed by atoms with Gasteiger partial charge in [-0.3, -0.25) is 9.59 Å². The van der Waals surface area contributed by atoms with Crippen molar-refractivity contribution in [1.82, 2.24) is 5.32 Å². The number of anilines is 1. The summed E-state index contributed by atoms with van der Waals surface area (Å²) in [7, 11) is 1.35. The summed E-state index contributed by atoms with van der Waals surface area (Å²) in [4.78, 5) is 24.3. The van der Waals surface area contributed by atoms with Gasteiger partial charge in [0.1, 0.15) is 0 Å². The number of aryl methyl sites for hydroxylation is 1. The van der Waals surface area contributed by atoms with E-state index in [0.717, 1.165) is 11.1 Å². The number of methoxy groups -OCH3 is 1. The molecule has 0 aliphatic rings. The molecule has 0 saturated carbocycles. The van der Waals surface area contributed by atoms with Crippen molar-refractivity contribution in [1.29, 1.82) is 0 Å². The van der Waals surface area contributed by atoms with Gasteiger partial charge in [0.05, 0.1) is 18.6 Å². The molecule has 126 valence electrons. The molecular formula is C19H22N2O3. The Morgan fingerprint density at radius 1 is 1.17 bits per heavy atom. The lowest BCUT2D eigenvalue weighted by molar-refractivity contribution is -0.145. The minimum atomic E-state index is -0.453. The zero-order chi connectivity index (χ0) is 17.5. The lowest BCUT2D eigenvalue weighted by Gasteiger charge is -2.16. The molecule has 0 aliphatic carbocycles. The molecule has 0 aromatic heterocycles. The van der Waals surface area contributed by atoms with Crippen molar-refractivity contribution in [2.75, 3.05) is 19.4 Å². The zero-order valence-corrected chi connectivity index (χ0v) is 13.9. The van der Waals surface area contributed by atoms with Gasteiger partial charge in [-0.15, -0.1) is 0 Å². The number of nitrogens with one attached hydrogen (secondary N) is 1. The van der Waals surface area contributed by atoms with E-state index in [4.69, 9.17) is 10.5 Å². The summed E-state index contributed by atoms with van der Waals surface area (Å²) in [5.41, 5.74) is 8.76. The van der Waals surface area contributed by atoms with Gasteiger partial charge in [0.25, 0.3) is 5.91 Å². The first kappa shape index (κ1) is 17.5. The number of carbonyl (C=O) groups excluding carboxylic acids is 2. The Morgan fingerprint density at radius 3 is 2.58 bits per heavy atom. The van der Waals surface area contributed by atoms with Crippen molar-refractivity contribution in [2.45, 2.75) is 13.3 Å². The number of amides is 1. The Bertz CT molecular complexity index is 728. The maximum Gasteiger partial charge on any atom is 0.310 e. The van der Waals surface area contributed by atoms with Gasteiger partial charge in [-0.05, 0) is 31.0 Å². The van der Waals surface area contributed by atoms with Gasteiger partial charge in [-0.25, -0.2) is 0 Å². The molecule has 0 fully saturated rings. The average Bonchev–Trinajstić information content (AvgIpc) is 2.58. The number of nitrogen functional groups attached to an aromatic ring is 1. The van der Waals surface area contributed by atoms with E-state index in [0.29, 0.717) is 17.7 Å². The van der Waals surface area contributed by atoms with Crippen LogP contribution in [-0.4, -0.2) is 25.5 Å². The molecule has 5 nitrogen and oxygen atoms in total. The normalized spacial score (nSPS) is 11.6. The van der Waals surface area contributed by atoms with E-state index in [-0.39, 0.29) is 18.4 Å². The quantitative estimate of drug-likeness (QED) is 0.630. The summed E-state index contributed by atoms with van der Waals surface area (Å²) >= 11 is 0. The molecule has 1 unspecified atom stereocenters. The zero-order valence-electron chi connectivity index (χ0n) is 13.9. The number of esters is 1. The van der Waals surface area contributed by atoms with Crippen LogP contribution in [0.15, 0.2) is 48.5 Å². The van der Waals surface area contributed by atoms with Crippen molar-refractivity contribution in [2.24, 2.45) is 5.92 Å². The molecule has 5 heteroatoms. The maximum atomic E-state index is 12.2. The number of rotatable bonds is 6. The van der Waals surface area contributed by atoms with Crippen molar-refractivity contribution < 1.29 is 14.3 Å². The van der Waals surface area contributed by atoms with Crippen LogP contribution in [0.1, 0.15) is 21.5 Å². The fourth-order valence-electron chi connectivity index (χ4n) is 2.54. The minimum Gasteiger partial charge on any atom is -0.469 e. The SMILES string of the molecule is COC(=O)C(CNC(=O)c1ccccc1N)Cc1cccc(C)c1. The van der Waals surface area contributed by atoms with E-state index in [1.165, 1.54) is 7.11 Å². The lowest BCUT2D eigenvalue weighted by atomic mass is 9.98. The summed E-state index contributed by atoms with van der Waals surface area (Å²) in [5.74, 6) is -1.10. The highest BCUT2D eigenvalue weighted by Gasteiger charge is 2.21. The van der Waals surface area contributed by atoms with Crippen molar-refractivity contribution in [3.05, 3.63) is 65.2 Å². The third-order valence-corrected chi connectivity index (χ3v) is 3.81. The van der Waals surface area contributed by atoms with Crippen LogP contribution in [0.25, 0.3) is 0 Å². The Labute approximate surface area is 141 Å². The number of hydrogen-bond donors (Lipinski definition) is 2. The van der Waals surface area contributed by atoms with Crippen molar-refractivity contribution >= 4 is 17.6 Å². The summed E-state index contributed by atoms with van der Waals surface area (Å²) in [5, 5.41) is 2.77. The highest BCUT2D eigenvalue weighted by atomic mass is 16.5. The molecule has 1 amide bonds. The highest BCUT2D eigenvalue weighted by molar-refractivity contribution is 5.99. The highest BCUT2D eigenvalue weighted by Crippen LogP contribution is 2.13. The predicted molar refractivity (Wildman–Crippen MR) is 93.6 cm³/mol. The monoisotopic (exact) mass is 326 g/mol. The number of ether oxygens (including phenoxy) is 1. The van der Waals surface area contributed by atoms with Gasteiger partial charge < -0.3 is 15.8 Å². The van der Waals surface area contributed by atoms with Gasteiger partial charge in [0, 0.05) is 12.2 Å². The van der Waals surface area contributed by atoms with Crippen LogP contribution in [0, 0.1) is 12.8 Å². The standard InChI is InChI=1S/C19H22N2O3/c1-13-6-5-7-14(10-13)11-15(19(23)24-2)12-21-18(22)16-8-3-4-9-17(16)20/h3-10,15H,11-12,20H2,1-2H3,(H,21,22). The molecule has 24 heavy (non-hydrogen) atoms. The predicted octanol–water partition coefficient (Wildman–Crippen LogP) is 2.34. The fourth-order valence-corrected chi connectivity index (χ4v) is 2.54. The number of carbonyl (C=O) groups is 2. The van der Waals surface area contributed by atoms with Crippen LogP contribution in [0.2, 0.25) is 0 Å². The van der Waals surface area contributed by atoms with Crippen LogP contribution < -0.4 is 11.1 Å². The smallest absolute Gasteiger partial charge is 0.310 e. The summed E-state index contributed by atoms with van der Waals surface area (Å²) < 4.78 is 4.86.